The zero-order valence-corrected chi connectivity index (χ0v) is 10.6. The van der Waals surface area contributed by atoms with Crippen LogP contribution in [0.4, 0.5) is 0 Å². The van der Waals surface area contributed by atoms with Gasteiger partial charge in [0.25, 0.3) is 0 Å². The molecule has 0 unspecified atom stereocenters. The van der Waals surface area contributed by atoms with Gasteiger partial charge in [0, 0.05) is 6.54 Å². The fraction of sp³-hybridized carbons (Fsp3) is 1.00. The summed E-state index contributed by atoms with van der Waals surface area (Å²) in [6.07, 6.45) is 2.63. The quantitative estimate of drug-likeness (QED) is 0.649. The van der Waals surface area contributed by atoms with Crippen LogP contribution in [-0.4, -0.2) is 25.5 Å². The third kappa shape index (κ3) is 8.29. The van der Waals surface area contributed by atoms with E-state index in [1.165, 1.54) is 19.4 Å². The lowest BCUT2D eigenvalue weighted by molar-refractivity contribution is 0.194. The first-order chi connectivity index (χ1) is 5.62. The third-order valence-electron chi connectivity index (χ3n) is 2.30. The maximum absolute atomic E-state index is 2.36. The second-order valence-electron chi connectivity index (χ2n) is 6.46. The smallest absolute Gasteiger partial charge is 0.00266 e. The molecule has 0 saturated carbocycles. The zero-order chi connectivity index (χ0) is 10.7. The van der Waals surface area contributed by atoms with Crippen LogP contribution in [0.2, 0.25) is 0 Å². The van der Waals surface area contributed by atoms with Crippen molar-refractivity contribution in [2.24, 2.45) is 10.8 Å². The van der Waals surface area contributed by atoms with Gasteiger partial charge >= 0.3 is 0 Å². The first kappa shape index (κ1) is 13.0. The summed E-state index contributed by atoms with van der Waals surface area (Å²) in [7, 11) is 4.30. The number of hydrogen-bond donors (Lipinski definition) is 0. The first-order valence-corrected chi connectivity index (χ1v) is 5.27. The fourth-order valence-corrected chi connectivity index (χ4v) is 1.65. The maximum atomic E-state index is 2.36. The van der Waals surface area contributed by atoms with Gasteiger partial charge in [-0.25, -0.2) is 0 Å². The SMILES string of the molecule is CN(C)CC(C)(C)CCC(C)(C)C. The summed E-state index contributed by atoms with van der Waals surface area (Å²) >= 11 is 0. The Kier molecular flexibility index (Phi) is 4.44. The molecule has 0 aliphatic rings. The molecule has 1 heteroatoms. The van der Waals surface area contributed by atoms with E-state index in [4.69, 9.17) is 0 Å². The van der Waals surface area contributed by atoms with Crippen LogP contribution >= 0.6 is 0 Å². The molecule has 0 aromatic heterocycles. The summed E-state index contributed by atoms with van der Waals surface area (Å²) in [6, 6.07) is 0. The van der Waals surface area contributed by atoms with Crippen molar-refractivity contribution in [3.05, 3.63) is 0 Å². The Balaban J connectivity index is 3.89. The minimum absolute atomic E-state index is 0.455. The highest BCUT2D eigenvalue weighted by Crippen LogP contribution is 2.30. The first-order valence-electron chi connectivity index (χ1n) is 5.27. The lowest BCUT2D eigenvalue weighted by Crippen LogP contribution is -2.29. The number of hydrogen-bond acceptors (Lipinski definition) is 1. The molecule has 0 aromatic rings. The Morgan fingerprint density at radius 2 is 1.31 bits per heavy atom. The molecule has 0 atom stereocenters. The minimum Gasteiger partial charge on any atom is -0.309 e. The van der Waals surface area contributed by atoms with Gasteiger partial charge in [-0.05, 0) is 37.8 Å². The van der Waals surface area contributed by atoms with E-state index in [0.717, 1.165) is 0 Å². The Morgan fingerprint density at radius 1 is 0.846 bits per heavy atom. The molecule has 0 saturated heterocycles. The van der Waals surface area contributed by atoms with E-state index in [1.807, 2.05) is 0 Å². The van der Waals surface area contributed by atoms with Gasteiger partial charge in [0.1, 0.15) is 0 Å². The van der Waals surface area contributed by atoms with Crippen LogP contribution in [-0.2, 0) is 0 Å². The van der Waals surface area contributed by atoms with Crippen molar-refractivity contribution in [2.75, 3.05) is 20.6 Å². The van der Waals surface area contributed by atoms with Crippen LogP contribution in [0.25, 0.3) is 0 Å². The van der Waals surface area contributed by atoms with E-state index in [2.05, 4.69) is 53.6 Å². The largest absolute Gasteiger partial charge is 0.309 e. The van der Waals surface area contributed by atoms with E-state index in [1.54, 1.807) is 0 Å². The normalized spacial score (nSPS) is 13.8. The van der Waals surface area contributed by atoms with Crippen molar-refractivity contribution >= 4 is 0 Å². The summed E-state index contributed by atoms with van der Waals surface area (Å²) in [5, 5.41) is 0. The maximum Gasteiger partial charge on any atom is 0.00266 e. The Bertz CT molecular complexity index is 140. The highest BCUT2D eigenvalue weighted by atomic mass is 15.1. The molecule has 0 rings (SSSR count). The van der Waals surface area contributed by atoms with E-state index in [9.17, 15) is 0 Å². The molecular weight excluding hydrogens is 158 g/mol. The molecule has 0 heterocycles. The van der Waals surface area contributed by atoms with E-state index >= 15 is 0 Å². The van der Waals surface area contributed by atoms with Crippen molar-refractivity contribution in [1.29, 1.82) is 0 Å². The number of nitrogens with zero attached hydrogens (tertiary/aromatic N) is 1. The monoisotopic (exact) mass is 185 g/mol. The summed E-state index contributed by atoms with van der Waals surface area (Å²) in [6.45, 7) is 12.9. The average molecular weight is 185 g/mol. The van der Waals surface area contributed by atoms with Gasteiger partial charge in [-0.1, -0.05) is 34.6 Å². The summed E-state index contributed by atoms with van der Waals surface area (Å²) < 4.78 is 0. The van der Waals surface area contributed by atoms with Crippen LogP contribution in [0, 0.1) is 10.8 Å². The Labute approximate surface area is 84.5 Å². The van der Waals surface area contributed by atoms with Crippen molar-refractivity contribution in [1.82, 2.24) is 4.90 Å². The van der Waals surface area contributed by atoms with Gasteiger partial charge in [-0.3, -0.25) is 0 Å². The van der Waals surface area contributed by atoms with Crippen LogP contribution in [0.1, 0.15) is 47.5 Å². The highest BCUT2D eigenvalue weighted by molar-refractivity contribution is 4.74. The van der Waals surface area contributed by atoms with E-state index in [-0.39, 0.29) is 0 Å². The molecule has 0 amide bonds. The average Bonchev–Trinajstić information content (AvgIpc) is 1.79. The molecule has 13 heavy (non-hydrogen) atoms. The van der Waals surface area contributed by atoms with Crippen LogP contribution in [0.5, 0.6) is 0 Å². The summed E-state index contributed by atoms with van der Waals surface area (Å²) in [5.41, 5.74) is 0.931. The standard InChI is InChI=1S/C12H27N/c1-11(2,3)8-9-12(4,5)10-13(6)7/h8-10H2,1-7H3. The molecule has 0 spiro atoms. The third-order valence-corrected chi connectivity index (χ3v) is 2.30. The van der Waals surface area contributed by atoms with Gasteiger partial charge in [-0.15, -0.1) is 0 Å². The van der Waals surface area contributed by atoms with Crippen LogP contribution in [0.15, 0.2) is 0 Å². The van der Waals surface area contributed by atoms with Crippen LogP contribution in [0.3, 0.4) is 0 Å². The molecule has 0 aliphatic heterocycles. The highest BCUT2D eigenvalue weighted by Gasteiger charge is 2.21. The molecule has 0 N–H and O–H groups in total. The van der Waals surface area contributed by atoms with E-state index in [0.29, 0.717) is 10.8 Å². The van der Waals surface area contributed by atoms with Crippen LogP contribution < -0.4 is 0 Å². The summed E-state index contributed by atoms with van der Waals surface area (Å²) in [5.74, 6) is 0. The second kappa shape index (κ2) is 4.45. The number of rotatable bonds is 4. The van der Waals surface area contributed by atoms with Crippen molar-refractivity contribution in [2.45, 2.75) is 47.5 Å². The Hall–Kier alpha value is -0.0400. The van der Waals surface area contributed by atoms with Crippen molar-refractivity contribution in [3.8, 4) is 0 Å². The predicted molar refractivity (Wildman–Crippen MR) is 61.0 cm³/mol. The van der Waals surface area contributed by atoms with Gasteiger partial charge < -0.3 is 4.90 Å². The lowest BCUT2D eigenvalue weighted by Gasteiger charge is -2.31. The molecule has 0 aliphatic carbocycles. The topological polar surface area (TPSA) is 3.24 Å². The van der Waals surface area contributed by atoms with Gasteiger partial charge in [0.15, 0.2) is 0 Å². The second-order valence-corrected chi connectivity index (χ2v) is 6.46. The molecule has 0 fully saturated rings. The predicted octanol–water partition coefficient (Wildman–Crippen LogP) is 3.40. The molecule has 1 nitrogen and oxygen atoms in total. The zero-order valence-electron chi connectivity index (χ0n) is 10.6. The fourth-order valence-electron chi connectivity index (χ4n) is 1.65. The lowest BCUT2D eigenvalue weighted by atomic mass is 9.80. The minimum atomic E-state index is 0.455. The summed E-state index contributed by atoms with van der Waals surface area (Å²) in [4.78, 5) is 2.28. The molecule has 0 radical (unpaired) electrons. The van der Waals surface area contributed by atoms with Gasteiger partial charge in [0.05, 0.1) is 0 Å². The van der Waals surface area contributed by atoms with Gasteiger partial charge in [0.2, 0.25) is 0 Å². The van der Waals surface area contributed by atoms with E-state index < -0.39 is 0 Å². The molecule has 0 aromatic carbocycles. The molecule has 80 valence electrons. The molecule has 0 bridgehead atoms. The van der Waals surface area contributed by atoms with Gasteiger partial charge in [-0.2, -0.15) is 0 Å². The van der Waals surface area contributed by atoms with Crippen molar-refractivity contribution in [3.63, 3.8) is 0 Å². The Morgan fingerprint density at radius 3 is 1.62 bits per heavy atom. The molecular formula is C12H27N. The van der Waals surface area contributed by atoms with Crippen molar-refractivity contribution < 1.29 is 0 Å².